The van der Waals surface area contributed by atoms with Crippen LogP contribution in [0.4, 0.5) is 0 Å². The van der Waals surface area contributed by atoms with Gasteiger partial charge in [0.2, 0.25) is 0 Å². The number of unbranched alkanes of at least 4 members (excludes halogenated alkanes) is 3. The molecular formula is C18H28N6O2. The molecule has 0 aromatic carbocycles. The first-order valence-electron chi connectivity index (χ1n) is 9.12. The molecule has 142 valence electrons. The normalized spacial score (nSPS) is 11.5. The Hall–Kier alpha value is -2.64. The number of methoxy groups -OCH3 is 1. The molecule has 0 fully saturated rings. The highest BCUT2D eigenvalue weighted by Crippen LogP contribution is 2.04. The number of aromatic nitrogens is 3. The molecule has 0 aliphatic rings. The van der Waals surface area contributed by atoms with E-state index in [-0.39, 0.29) is 5.97 Å². The first-order valence-corrected chi connectivity index (χ1v) is 9.12. The van der Waals surface area contributed by atoms with Crippen LogP contribution in [0.25, 0.3) is 5.65 Å². The number of nitrogens with one attached hydrogen (secondary N) is 2. The van der Waals surface area contributed by atoms with Crippen LogP contribution in [0.15, 0.2) is 29.4 Å². The van der Waals surface area contributed by atoms with E-state index in [1.807, 2.05) is 35.7 Å². The van der Waals surface area contributed by atoms with Gasteiger partial charge in [-0.2, -0.15) is 0 Å². The fraction of sp³-hybridized carbons (Fsp3) is 0.556. The molecule has 0 aliphatic carbocycles. The van der Waals surface area contributed by atoms with Gasteiger partial charge in [0.15, 0.2) is 17.4 Å². The Kier molecular flexibility index (Phi) is 8.38. The number of ether oxygens (including phenoxy) is 1. The van der Waals surface area contributed by atoms with E-state index in [4.69, 9.17) is 0 Å². The van der Waals surface area contributed by atoms with Crippen LogP contribution >= 0.6 is 0 Å². The molecule has 0 atom stereocenters. The van der Waals surface area contributed by atoms with Gasteiger partial charge in [-0.25, -0.2) is 4.99 Å². The maximum atomic E-state index is 11.0. The number of rotatable bonds is 10. The molecule has 0 spiro atoms. The molecule has 0 aliphatic heterocycles. The Morgan fingerprint density at radius 2 is 2.04 bits per heavy atom. The van der Waals surface area contributed by atoms with Crippen molar-refractivity contribution in [2.75, 3.05) is 20.2 Å². The van der Waals surface area contributed by atoms with Gasteiger partial charge in [0, 0.05) is 25.7 Å². The lowest BCUT2D eigenvalue weighted by molar-refractivity contribution is -0.140. The first kappa shape index (κ1) is 19.7. The Morgan fingerprint density at radius 3 is 2.85 bits per heavy atom. The summed E-state index contributed by atoms with van der Waals surface area (Å²) in [4.78, 5) is 15.6. The highest BCUT2D eigenvalue weighted by atomic mass is 16.5. The minimum atomic E-state index is -0.134. The second-order valence-corrected chi connectivity index (χ2v) is 5.91. The van der Waals surface area contributed by atoms with Crippen LogP contribution in [0.1, 0.15) is 44.9 Å². The van der Waals surface area contributed by atoms with Crippen LogP contribution < -0.4 is 10.6 Å². The average Bonchev–Trinajstić information content (AvgIpc) is 3.08. The number of hydrogen-bond acceptors (Lipinski definition) is 5. The number of carbonyl (C=O) groups is 1. The Bertz CT molecular complexity index is 713. The van der Waals surface area contributed by atoms with Crippen molar-refractivity contribution in [2.45, 2.75) is 45.6 Å². The van der Waals surface area contributed by atoms with Gasteiger partial charge in [0.1, 0.15) is 6.54 Å². The molecule has 0 amide bonds. The second kappa shape index (κ2) is 11.1. The number of aliphatic imine (C=N–C) groups is 1. The highest BCUT2D eigenvalue weighted by molar-refractivity contribution is 5.79. The number of guanidine groups is 1. The maximum absolute atomic E-state index is 11.0. The number of fused-ring (bicyclic) bond motifs is 1. The van der Waals surface area contributed by atoms with Crippen LogP contribution in [-0.2, 0) is 16.1 Å². The minimum absolute atomic E-state index is 0.134. The predicted octanol–water partition coefficient (Wildman–Crippen LogP) is 1.91. The largest absolute Gasteiger partial charge is 0.469 e. The molecular weight excluding hydrogens is 332 g/mol. The standard InChI is InChI=1S/C18H28N6O2/c1-3-19-18(20-12-8-5-4-6-11-17(25)26-2)21-14-16-23-22-15-10-7-9-13-24(15)16/h7,9-10,13H,3-6,8,11-12,14H2,1-2H3,(H2,19,20,21). The van der Waals surface area contributed by atoms with Crippen LogP contribution in [0.3, 0.4) is 0 Å². The quantitative estimate of drug-likeness (QED) is 0.291. The number of nitrogens with zero attached hydrogens (tertiary/aromatic N) is 4. The third kappa shape index (κ3) is 6.34. The van der Waals surface area contributed by atoms with Crippen LogP contribution in [0.2, 0.25) is 0 Å². The van der Waals surface area contributed by atoms with E-state index in [0.717, 1.165) is 56.2 Å². The SMILES string of the molecule is CCNC(=NCc1nnc2ccccn12)NCCCCCCC(=O)OC. The molecule has 8 heteroatoms. The smallest absolute Gasteiger partial charge is 0.305 e. The lowest BCUT2D eigenvalue weighted by atomic mass is 10.1. The van der Waals surface area contributed by atoms with Crippen molar-refractivity contribution in [3.05, 3.63) is 30.2 Å². The lowest BCUT2D eigenvalue weighted by Crippen LogP contribution is -2.37. The van der Waals surface area contributed by atoms with Crippen molar-refractivity contribution >= 4 is 17.6 Å². The van der Waals surface area contributed by atoms with Crippen molar-refractivity contribution in [3.8, 4) is 0 Å². The lowest BCUT2D eigenvalue weighted by Gasteiger charge is -2.11. The molecule has 0 saturated carbocycles. The zero-order valence-electron chi connectivity index (χ0n) is 15.6. The van der Waals surface area contributed by atoms with Gasteiger partial charge in [-0.1, -0.05) is 18.9 Å². The number of carbonyl (C=O) groups excluding carboxylic acids is 1. The molecule has 0 bridgehead atoms. The van der Waals surface area contributed by atoms with E-state index in [0.29, 0.717) is 13.0 Å². The van der Waals surface area contributed by atoms with E-state index in [1.54, 1.807) is 0 Å². The van der Waals surface area contributed by atoms with E-state index >= 15 is 0 Å². The highest BCUT2D eigenvalue weighted by Gasteiger charge is 2.04. The zero-order valence-corrected chi connectivity index (χ0v) is 15.6. The van der Waals surface area contributed by atoms with Crippen molar-refractivity contribution in [3.63, 3.8) is 0 Å². The minimum Gasteiger partial charge on any atom is -0.469 e. The Labute approximate surface area is 154 Å². The molecule has 2 aromatic heterocycles. The predicted molar refractivity (Wildman–Crippen MR) is 101 cm³/mol. The molecule has 2 rings (SSSR count). The van der Waals surface area contributed by atoms with Gasteiger partial charge in [0.05, 0.1) is 7.11 Å². The molecule has 2 N–H and O–H groups in total. The third-order valence-electron chi connectivity index (χ3n) is 3.93. The number of hydrogen-bond donors (Lipinski definition) is 2. The summed E-state index contributed by atoms with van der Waals surface area (Å²) in [5.74, 6) is 1.45. The number of esters is 1. The van der Waals surface area contributed by atoms with Gasteiger partial charge >= 0.3 is 5.97 Å². The summed E-state index contributed by atoms with van der Waals surface area (Å²) in [6.45, 7) is 4.13. The fourth-order valence-electron chi connectivity index (χ4n) is 2.55. The van der Waals surface area contributed by atoms with Gasteiger partial charge in [-0.15, -0.1) is 10.2 Å². The third-order valence-corrected chi connectivity index (χ3v) is 3.93. The average molecular weight is 360 g/mol. The zero-order chi connectivity index (χ0) is 18.6. The van der Waals surface area contributed by atoms with E-state index in [1.165, 1.54) is 7.11 Å². The Balaban J connectivity index is 1.74. The van der Waals surface area contributed by atoms with Gasteiger partial charge in [-0.3, -0.25) is 9.20 Å². The topological polar surface area (TPSA) is 92.9 Å². The number of pyridine rings is 1. The van der Waals surface area contributed by atoms with Crippen molar-refractivity contribution in [1.82, 2.24) is 25.2 Å². The van der Waals surface area contributed by atoms with E-state index in [9.17, 15) is 4.79 Å². The fourth-order valence-corrected chi connectivity index (χ4v) is 2.55. The van der Waals surface area contributed by atoms with E-state index in [2.05, 4.69) is 30.6 Å². The monoisotopic (exact) mass is 360 g/mol. The molecule has 8 nitrogen and oxygen atoms in total. The summed E-state index contributed by atoms with van der Waals surface area (Å²) in [6, 6.07) is 5.81. The summed E-state index contributed by atoms with van der Waals surface area (Å²) >= 11 is 0. The van der Waals surface area contributed by atoms with Gasteiger partial charge in [-0.05, 0) is 31.9 Å². The maximum Gasteiger partial charge on any atom is 0.305 e. The molecule has 26 heavy (non-hydrogen) atoms. The van der Waals surface area contributed by atoms with Crippen molar-refractivity contribution < 1.29 is 9.53 Å². The molecule has 0 radical (unpaired) electrons. The summed E-state index contributed by atoms with van der Waals surface area (Å²) in [5.41, 5.74) is 0.822. The van der Waals surface area contributed by atoms with Crippen molar-refractivity contribution in [1.29, 1.82) is 0 Å². The summed E-state index contributed by atoms with van der Waals surface area (Å²) in [5, 5.41) is 14.9. The Morgan fingerprint density at radius 1 is 1.19 bits per heavy atom. The van der Waals surface area contributed by atoms with Gasteiger partial charge < -0.3 is 15.4 Å². The summed E-state index contributed by atoms with van der Waals surface area (Å²) < 4.78 is 6.57. The summed E-state index contributed by atoms with van der Waals surface area (Å²) in [7, 11) is 1.43. The first-order chi connectivity index (χ1) is 12.7. The molecule has 2 aromatic rings. The van der Waals surface area contributed by atoms with Crippen LogP contribution in [0, 0.1) is 0 Å². The molecule has 0 saturated heterocycles. The molecule has 0 unspecified atom stereocenters. The van der Waals surface area contributed by atoms with E-state index < -0.39 is 0 Å². The summed E-state index contributed by atoms with van der Waals surface area (Å²) in [6.07, 6.45) is 6.43. The second-order valence-electron chi connectivity index (χ2n) is 5.91. The molecule has 2 heterocycles. The van der Waals surface area contributed by atoms with Crippen molar-refractivity contribution in [2.24, 2.45) is 4.99 Å². The van der Waals surface area contributed by atoms with Crippen LogP contribution in [-0.4, -0.2) is 46.7 Å². The van der Waals surface area contributed by atoms with Crippen LogP contribution in [0.5, 0.6) is 0 Å². The van der Waals surface area contributed by atoms with Gasteiger partial charge in [0.25, 0.3) is 0 Å².